The van der Waals surface area contributed by atoms with Crippen LogP contribution in [0.1, 0.15) is 23.7 Å². The number of hydrogen-bond acceptors (Lipinski definition) is 8. The molecule has 2 aromatic rings. The lowest BCUT2D eigenvalue weighted by Gasteiger charge is -2.23. The number of carbonyl (C=O) groups excluding carboxylic acids is 1. The quantitative estimate of drug-likeness (QED) is 0.622. The zero-order valence-corrected chi connectivity index (χ0v) is 17.5. The number of rotatable bonds is 9. The van der Waals surface area contributed by atoms with Gasteiger partial charge in [-0.2, -0.15) is 0 Å². The molecule has 8 nitrogen and oxygen atoms in total. The molecule has 2 atom stereocenters. The normalized spacial score (nSPS) is 14.0. The Morgan fingerprint density at radius 3 is 2.27 bits per heavy atom. The molecule has 3 rings (SSSR count). The highest BCUT2D eigenvalue weighted by atomic mass is 16.7. The predicted molar refractivity (Wildman–Crippen MR) is 107 cm³/mol. The standard InChI is InChI=1S/C22H26O8/c1-25-18-10-14(11-19(26-2)21(18)27-3)20(23)15(22(24)28-4)7-5-13-6-8-16-17(9-13)30-12-29-16/h6,8-11,15,20,23H,5,7,12H2,1-4H3/t15-,20+/m0/s1. The Hall–Kier alpha value is -3.13. The van der Waals surface area contributed by atoms with Crippen LogP contribution < -0.4 is 23.7 Å². The summed E-state index contributed by atoms with van der Waals surface area (Å²) in [5, 5.41) is 11.0. The zero-order valence-electron chi connectivity index (χ0n) is 17.5. The van der Waals surface area contributed by atoms with Gasteiger partial charge in [-0.15, -0.1) is 0 Å². The lowest BCUT2D eigenvalue weighted by atomic mass is 9.89. The maximum Gasteiger partial charge on any atom is 0.311 e. The van der Waals surface area contributed by atoms with Crippen LogP contribution in [-0.2, 0) is 16.0 Å². The van der Waals surface area contributed by atoms with E-state index in [0.29, 0.717) is 47.2 Å². The first-order chi connectivity index (χ1) is 14.5. The minimum atomic E-state index is -1.12. The van der Waals surface area contributed by atoms with E-state index in [1.165, 1.54) is 28.4 Å². The molecule has 30 heavy (non-hydrogen) atoms. The lowest BCUT2D eigenvalue weighted by molar-refractivity contribution is -0.150. The van der Waals surface area contributed by atoms with E-state index in [1.54, 1.807) is 12.1 Å². The third kappa shape index (κ3) is 4.38. The summed E-state index contributed by atoms with van der Waals surface area (Å²) in [6, 6.07) is 8.88. The van der Waals surface area contributed by atoms with Gasteiger partial charge >= 0.3 is 5.97 Å². The van der Waals surface area contributed by atoms with E-state index in [0.717, 1.165) is 5.56 Å². The minimum absolute atomic E-state index is 0.198. The van der Waals surface area contributed by atoms with Crippen molar-refractivity contribution in [2.75, 3.05) is 35.2 Å². The molecule has 162 valence electrons. The molecule has 0 saturated carbocycles. The molecule has 0 unspecified atom stereocenters. The van der Waals surface area contributed by atoms with E-state index >= 15 is 0 Å². The number of aryl methyl sites for hydroxylation is 1. The summed E-state index contributed by atoms with van der Waals surface area (Å²) in [6.07, 6.45) is -0.220. The summed E-state index contributed by atoms with van der Waals surface area (Å²) in [7, 11) is 5.78. The van der Waals surface area contributed by atoms with Crippen LogP contribution in [0.2, 0.25) is 0 Å². The van der Waals surface area contributed by atoms with Crippen LogP contribution in [0.4, 0.5) is 0 Å². The van der Waals surface area contributed by atoms with E-state index in [2.05, 4.69) is 0 Å². The highest BCUT2D eigenvalue weighted by Gasteiger charge is 2.30. The van der Waals surface area contributed by atoms with Crippen molar-refractivity contribution in [3.8, 4) is 28.7 Å². The Balaban J connectivity index is 1.83. The van der Waals surface area contributed by atoms with Gasteiger partial charge in [0.05, 0.1) is 40.5 Å². The van der Waals surface area contributed by atoms with Gasteiger partial charge in [0.15, 0.2) is 23.0 Å². The van der Waals surface area contributed by atoms with Crippen LogP contribution in [0.5, 0.6) is 28.7 Å². The van der Waals surface area contributed by atoms with Gasteiger partial charge in [-0.05, 0) is 48.2 Å². The van der Waals surface area contributed by atoms with Gasteiger partial charge in [0.25, 0.3) is 0 Å². The number of methoxy groups -OCH3 is 4. The molecular formula is C22H26O8. The molecule has 0 saturated heterocycles. The first-order valence-electron chi connectivity index (χ1n) is 9.46. The molecule has 1 N–H and O–H groups in total. The van der Waals surface area contributed by atoms with E-state index in [9.17, 15) is 9.90 Å². The van der Waals surface area contributed by atoms with Crippen molar-refractivity contribution in [3.63, 3.8) is 0 Å². The summed E-state index contributed by atoms with van der Waals surface area (Å²) in [6.45, 7) is 0.198. The highest BCUT2D eigenvalue weighted by Crippen LogP contribution is 2.41. The van der Waals surface area contributed by atoms with Crippen LogP contribution in [0.3, 0.4) is 0 Å². The first-order valence-corrected chi connectivity index (χ1v) is 9.46. The topological polar surface area (TPSA) is 92.7 Å². The van der Waals surface area contributed by atoms with Crippen LogP contribution in [-0.4, -0.2) is 46.3 Å². The average molecular weight is 418 g/mol. The molecule has 8 heteroatoms. The van der Waals surface area contributed by atoms with E-state index in [-0.39, 0.29) is 6.79 Å². The number of ether oxygens (including phenoxy) is 6. The van der Waals surface area contributed by atoms with Gasteiger partial charge in [0.1, 0.15) is 0 Å². The van der Waals surface area contributed by atoms with Gasteiger partial charge < -0.3 is 33.5 Å². The molecule has 1 heterocycles. The Labute approximate surface area is 175 Å². The summed E-state index contributed by atoms with van der Waals surface area (Å²) < 4.78 is 31.7. The van der Waals surface area contributed by atoms with Crippen molar-refractivity contribution in [1.82, 2.24) is 0 Å². The molecule has 1 aliphatic rings. The third-order valence-electron chi connectivity index (χ3n) is 5.09. The van der Waals surface area contributed by atoms with Gasteiger partial charge in [-0.25, -0.2) is 0 Å². The molecule has 1 aliphatic heterocycles. The molecule has 0 aromatic heterocycles. The van der Waals surface area contributed by atoms with Crippen molar-refractivity contribution in [2.24, 2.45) is 5.92 Å². The summed E-state index contributed by atoms with van der Waals surface area (Å²) >= 11 is 0. The molecule has 0 amide bonds. The molecular weight excluding hydrogens is 392 g/mol. The molecule has 2 aromatic carbocycles. The maximum atomic E-state index is 12.5. The smallest absolute Gasteiger partial charge is 0.311 e. The average Bonchev–Trinajstić information content (AvgIpc) is 3.25. The van der Waals surface area contributed by atoms with Gasteiger partial charge in [0.2, 0.25) is 12.5 Å². The maximum absolute atomic E-state index is 12.5. The number of esters is 1. The second kappa shape index (κ2) is 9.58. The monoisotopic (exact) mass is 418 g/mol. The lowest BCUT2D eigenvalue weighted by Crippen LogP contribution is -2.24. The van der Waals surface area contributed by atoms with E-state index < -0.39 is 18.0 Å². The molecule has 0 spiro atoms. The Kier molecular flexibility index (Phi) is 6.89. The fourth-order valence-electron chi connectivity index (χ4n) is 3.48. The molecule has 0 bridgehead atoms. The number of carbonyl (C=O) groups is 1. The first kappa shape index (κ1) is 21.6. The second-order valence-corrected chi connectivity index (χ2v) is 6.76. The molecule has 0 fully saturated rings. The molecule has 0 aliphatic carbocycles. The van der Waals surface area contributed by atoms with Crippen LogP contribution in [0.25, 0.3) is 0 Å². The van der Waals surface area contributed by atoms with Crippen molar-refractivity contribution >= 4 is 5.97 Å². The van der Waals surface area contributed by atoms with E-state index in [1.807, 2.05) is 18.2 Å². The third-order valence-corrected chi connectivity index (χ3v) is 5.09. The number of benzene rings is 2. The SMILES string of the molecule is COC(=O)[C@@H](CCc1ccc2c(c1)OCO2)[C@H](O)c1cc(OC)c(OC)c(OC)c1. The van der Waals surface area contributed by atoms with Crippen molar-refractivity contribution in [2.45, 2.75) is 18.9 Å². The van der Waals surface area contributed by atoms with Crippen molar-refractivity contribution < 1.29 is 38.3 Å². The second-order valence-electron chi connectivity index (χ2n) is 6.76. The number of aliphatic hydroxyl groups excluding tert-OH is 1. The zero-order chi connectivity index (χ0) is 21.7. The number of hydrogen-bond donors (Lipinski definition) is 1. The van der Waals surface area contributed by atoms with Gasteiger partial charge in [-0.1, -0.05) is 6.07 Å². The van der Waals surface area contributed by atoms with Gasteiger partial charge in [-0.3, -0.25) is 4.79 Å². The summed E-state index contributed by atoms with van der Waals surface area (Å²) in [5.41, 5.74) is 1.43. The highest BCUT2D eigenvalue weighted by molar-refractivity contribution is 5.73. The van der Waals surface area contributed by atoms with Crippen LogP contribution >= 0.6 is 0 Å². The fraction of sp³-hybridized carbons (Fsp3) is 0.409. The van der Waals surface area contributed by atoms with Crippen molar-refractivity contribution in [3.05, 3.63) is 41.5 Å². The Morgan fingerprint density at radius 2 is 1.67 bits per heavy atom. The predicted octanol–water partition coefficient (Wildman–Crippen LogP) is 2.90. The Morgan fingerprint density at radius 1 is 1.00 bits per heavy atom. The molecule has 0 radical (unpaired) electrons. The fourth-order valence-corrected chi connectivity index (χ4v) is 3.48. The number of aliphatic hydroxyl groups is 1. The summed E-state index contributed by atoms with van der Waals surface area (Å²) in [5.74, 6) is 1.27. The van der Waals surface area contributed by atoms with Crippen LogP contribution in [0.15, 0.2) is 30.3 Å². The number of fused-ring (bicyclic) bond motifs is 1. The Bertz CT molecular complexity index is 870. The van der Waals surface area contributed by atoms with Crippen molar-refractivity contribution in [1.29, 1.82) is 0 Å². The summed E-state index contributed by atoms with van der Waals surface area (Å²) in [4.78, 5) is 12.5. The minimum Gasteiger partial charge on any atom is -0.493 e. The van der Waals surface area contributed by atoms with E-state index in [4.69, 9.17) is 28.4 Å². The van der Waals surface area contributed by atoms with Crippen LogP contribution in [0, 0.1) is 5.92 Å². The largest absolute Gasteiger partial charge is 0.493 e. The van der Waals surface area contributed by atoms with Gasteiger partial charge in [0, 0.05) is 0 Å².